The van der Waals surface area contributed by atoms with Crippen molar-refractivity contribution in [3.8, 4) is 5.75 Å². The molecule has 17 heavy (non-hydrogen) atoms. The lowest BCUT2D eigenvalue weighted by Crippen LogP contribution is -2.05. The second kappa shape index (κ2) is 4.65. The highest BCUT2D eigenvalue weighted by Gasteiger charge is 2.19. The summed E-state index contributed by atoms with van der Waals surface area (Å²) in [5.74, 6) is -0.810. The number of phenolic OH excluding ortho intramolecular Hbond substituents is 1. The fraction of sp³-hybridized carbons (Fsp3) is 0.182. The summed E-state index contributed by atoms with van der Waals surface area (Å²) in [6, 6.07) is 1.28. The molecule has 1 rings (SSSR count). The molecule has 0 aromatic heterocycles. The highest BCUT2D eigenvalue weighted by atomic mass is 16.6. The highest BCUT2D eigenvalue weighted by molar-refractivity contribution is 5.91. The number of rotatable bonds is 3. The van der Waals surface area contributed by atoms with Crippen molar-refractivity contribution in [3.05, 3.63) is 38.9 Å². The van der Waals surface area contributed by atoms with Crippen LogP contribution in [0.3, 0.4) is 0 Å². The van der Waals surface area contributed by atoms with Gasteiger partial charge in [-0.2, -0.15) is 0 Å². The minimum absolute atomic E-state index is 0.0769. The van der Waals surface area contributed by atoms with Crippen molar-refractivity contribution in [3.63, 3.8) is 0 Å². The first-order chi connectivity index (χ1) is 7.84. The predicted molar refractivity (Wildman–Crippen MR) is 62.5 cm³/mol. The molecule has 0 aliphatic rings. The van der Waals surface area contributed by atoms with E-state index in [-0.39, 0.29) is 17.0 Å². The minimum atomic E-state index is -0.688. The number of phenols is 1. The second-order valence-electron chi connectivity index (χ2n) is 3.59. The van der Waals surface area contributed by atoms with Gasteiger partial charge in [-0.05, 0) is 26.0 Å². The number of nitrogens with zero attached hydrogens (tertiary/aromatic N) is 1. The van der Waals surface area contributed by atoms with Gasteiger partial charge < -0.3 is 10.8 Å². The molecule has 90 valence electrons. The van der Waals surface area contributed by atoms with Crippen molar-refractivity contribution in [2.24, 2.45) is 5.73 Å². The standard InChI is InChI=1S/C11H12N2O4/c1-6-5-9(14)8(3-4-10(12)15)7(2)11(6)13(16)17/h3-5,14H,1-2H3,(H2,12,15)/b4-3+. The van der Waals surface area contributed by atoms with E-state index in [9.17, 15) is 20.0 Å². The molecule has 0 heterocycles. The van der Waals surface area contributed by atoms with Crippen LogP contribution < -0.4 is 5.73 Å². The zero-order chi connectivity index (χ0) is 13.2. The van der Waals surface area contributed by atoms with Gasteiger partial charge in [0.1, 0.15) is 5.75 Å². The third kappa shape index (κ3) is 2.60. The van der Waals surface area contributed by atoms with Crippen LogP contribution in [-0.4, -0.2) is 15.9 Å². The number of benzene rings is 1. The van der Waals surface area contributed by atoms with E-state index in [4.69, 9.17) is 5.73 Å². The molecule has 0 saturated carbocycles. The Morgan fingerprint density at radius 3 is 2.59 bits per heavy atom. The molecule has 0 fully saturated rings. The van der Waals surface area contributed by atoms with Crippen LogP contribution in [-0.2, 0) is 4.79 Å². The van der Waals surface area contributed by atoms with Gasteiger partial charge in [-0.1, -0.05) is 0 Å². The Bertz CT molecular complexity index is 521. The lowest BCUT2D eigenvalue weighted by atomic mass is 10.0. The van der Waals surface area contributed by atoms with E-state index in [0.29, 0.717) is 11.1 Å². The third-order valence-electron chi connectivity index (χ3n) is 2.36. The smallest absolute Gasteiger partial charge is 0.276 e. The summed E-state index contributed by atoms with van der Waals surface area (Å²) in [4.78, 5) is 20.9. The monoisotopic (exact) mass is 236 g/mol. The van der Waals surface area contributed by atoms with E-state index in [1.807, 2.05) is 0 Å². The average Bonchev–Trinajstić information content (AvgIpc) is 2.14. The number of hydrogen-bond acceptors (Lipinski definition) is 4. The highest BCUT2D eigenvalue weighted by Crippen LogP contribution is 2.33. The number of amides is 1. The van der Waals surface area contributed by atoms with E-state index >= 15 is 0 Å². The number of nitro benzene ring substituents is 1. The molecule has 0 saturated heterocycles. The molecule has 0 unspecified atom stereocenters. The molecular weight excluding hydrogens is 224 g/mol. The summed E-state index contributed by atoms with van der Waals surface area (Å²) in [5, 5.41) is 20.5. The SMILES string of the molecule is Cc1cc(O)c(/C=C/C(N)=O)c(C)c1[N+](=O)[O-]. The first-order valence-electron chi connectivity index (χ1n) is 4.79. The van der Waals surface area contributed by atoms with Crippen LogP contribution in [0.25, 0.3) is 6.08 Å². The molecule has 1 aromatic rings. The van der Waals surface area contributed by atoms with Gasteiger partial charge in [-0.3, -0.25) is 14.9 Å². The van der Waals surface area contributed by atoms with Crippen molar-refractivity contribution >= 4 is 17.7 Å². The van der Waals surface area contributed by atoms with Crippen LogP contribution >= 0.6 is 0 Å². The number of aryl methyl sites for hydroxylation is 1. The molecule has 0 spiro atoms. The molecule has 1 aromatic carbocycles. The Balaban J connectivity index is 3.46. The summed E-state index contributed by atoms with van der Waals surface area (Å²) in [6.45, 7) is 3.04. The third-order valence-corrected chi connectivity index (χ3v) is 2.36. The Kier molecular flexibility index (Phi) is 3.47. The van der Waals surface area contributed by atoms with Crippen LogP contribution in [0, 0.1) is 24.0 Å². The predicted octanol–water partition coefficient (Wildman–Crippen LogP) is 1.42. The maximum absolute atomic E-state index is 10.9. The van der Waals surface area contributed by atoms with Crippen molar-refractivity contribution < 1.29 is 14.8 Å². The van der Waals surface area contributed by atoms with Crippen molar-refractivity contribution in [1.82, 2.24) is 0 Å². The molecule has 0 aliphatic carbocycles. The number of primary amides is 1. The van der Waals surface area contributed by atoms with E-state index in [0.717, 1.165) is 6.08 Å². The molecule has 0 bridgehead atoms. The molecule has 0 aliphatic heterocycles. The Morgan fingerprint density at radius 1 is 1.53 bits per heavy atom. The summed E-state index contributed by atoms with van der Waals surface area (Å²) in [7, 11) is 0. The Labute approximate surface area is 97.5 Å². The Hall–Kier alpha value is -2.37. The number of carbonyl (C=O) groups excluding carboxylic acids is 1. The number of hydrogen-bond donors (Lipinski definition) is 2. The van der Waals surface area contributed by atoms with E-state index < -0.39 is 10.8 Å². The lowest BCUT2D eigenvalue weighted by molar-refractivity contribution is -0.386. The molecule has 3 N–H and O–H groups in total. The summed E-state index contributed by atoms with van der Waals surface area (Å²) in [6.07, 6.45) is 2.31. The summed E-state index contributed by atoms with van der Waals surface area (Å²) in [5.41, 5.74) is 5.73. The minimum Gasteiger partial charge on any atom is -0.507 e. The number of aromatic hydroxyl groups is 1. The van der Waals surface area contributed by atoms with Gasteiger partial charge in [0.05, 0.1) is 4.92 Å². The van der Waals surface area contributed by atoms with Gasteiger partial charge in [-0.15, -0.1) is 0 Å². The van der Waals surface area contributed by atoms with E-state index in [1.165, 1.54) is 26.0 Å². The van der Waals surface area contributed by atoms with Crippen LogP contribution in [0.2, 0.25) is 0 Å². The average molecular weight is 236 g/mol. The topological polar surface area (TPSA) is 106 Å². The van der Waals surface area contributed by atoms with Crippen molar-refractivity contribution in [1.29, 1.82) is 0 Å². The van der Waals surface area contributed by atoms with Gasteiger partial charge in [0.25, 0.3) is 5.69 Å². The first-order valence-corrected chi connectivity index (χ1v) is 4.79. The summed E-state index contributed by atoms with van der Waals surface area (Å²) < 4.78 is 0. The molecule has 1 amide bonds. The zero-order valence-corrected chi connectivity index (χ0v) is 9.43. The number of nitro groups is 1. The van der Waals surface area contributed by atoms with Gasteiger partial charge in [0.15, 0.2) is 0 Å². The van der Waals surface area contributed by atoms with E-state index in [2.05, 4.69) is 0 Å². The second-order valence-corrected chi connectivity index (χ2v) is 3.59. The molecule has 6 heteroatoms. The number of carbonyl (C=O) groups is 1. The molecular formula is C11H12N2O4. The van der Waals surface area contributed by atoms with Crippen LogP contribution in [0.5, 0.6) is 5.75 Å². The van der Waals surface area contributed by atoms with Gasteiger partial charge in [0, 0.05) is 22.8 Å². The lowest BCUT2D eigenvalue weighted by Gasteiger charge is -2.07. The fourth-order valence-corrected chi connectivity index (χ4v) is 1.62. The molecule has 0 atom stereocenters. The first kappa shape index (κ1) is 12.7. The molecule has 0 radical (unpaired) electrons. The maximum Gasteiger partial charge on any atom is 0.276 e. The van der Waals surface area contributed by atoms with Crippen molar-refractivity contribution in [2.75, 3.05) is 0 Å². The normalized spacial score (nSPS) is 10.7. The quantitative estimate of drug-likeness (QED) is 0.470. The Morgan fingerprint density at radius 2 is 2.12 bits per heavy atom. The van der Waals surface area contributed by atoms with E-state index in [1.54, 1.807) is 0 Å². The van der Waals surface area contributed by atoms with Gasteiger partial charge >= 0.3 is 0 Å². The van der Waals surface area contributed by atoms with Crippen molar-refractivity contribution in [2.45, 2.75) is 13.8 Å². The fourth-order valence-electron chi connectivity index (χ4n) is 1.62. The van der Waals surface area contributed by atoms with Crippen LogP contribution in [0.1, 0.15) is 16.7 Å². The summed E-state index contributed by atoms with van der Waals surface area (Å²) >= 11 is 0. The zero-order valence-electron chi connectivity index (χ0n) is 9.43. The van der Waals surface area contributed by atoms with Crippen LogP contribution in [0.4, 0.5) is 5.69 Å². The van der Waals surface area contributed by atoms with Gasteiger partial charge in [0.2, 0.25) is 5.91 Å². The van der Waals surface area contributed by atoms with Gasteiger partial charge in [-0.25, -0.2) is 0 Å². The van der Waals surface area contributed by atoms with Crippen LogP contribution in [0.15, 0.2) is 12.1 Å². The maximum atomic E-state index is 10.9. The molecule has 6 nitrogen and oxygen atoms in total. The largest absolute Gasteiger partial charge is 0.507 e. The number of nitrogens with two attached hydrogens (primary N) is 1.